The number of hydrogen-bond donors (Lipinski definition) is 2. The van der Waals surface area contributed by atoms with Gasteiger partial charge in [0.1, 0.15) is 0 Å². The molecule has 0 atom stereocenters. The molecular weight excluding hydrogens is 266 g/mol. The van der Waals surface area contributed by atoms with Crippen LogP contribution in [0.4, 0.5) is 5.95 Å². The van der Waals surface area contributed by atoms with E-state index in [4.69, 9.17) is 11.6 Å². The van der Waals surface area contributed by atoms with Gasteiger partial charge in [0.05, 0.1) is 15.4 Å². The molecule has 0 unspecified atom stereocenters. The second-order valence-electron chi connectivity index (χ2n) is 4.13. The van der Waals surface area contributed by atoms with Crippen LogP contribution in [0.1, 0.15) is 11.1 Å². The number of para-hydroxylation sites is 2. The topological polar surface area (TPSA) is 40.7 Å². The van der Waals surface area contributed by atoms with E-state index in [1.165, 1.54) is 5.56 Å². The number of anilines is 1. The smallest absolute Gasteiger partial charge is 0.201 e. The van der Waals surface area contributed by atoms with Gasteiger partial charge in [-0.1, -0.05) is 23.7 Å². The van der Waals surface area contributed by atoms with E-state index in [-0.39, 0.29) is 0 Å². The van der Waals surface area contributed by atoms with Crippen molar-refractivity contribution in [2.45, 2.75) is 13.5 Å². The van der Waals surface area contributed by atoms with Crippen LogP contribution in [0.15, 0.2) is 29.6 Å². The van der Waals surface area contributed by atoms with Gasteiger partial charge in [0.15, 0.2) is 0 Å². The molecule has 2 aromatic heterocycles. The third-order valence-corrected chi connectivity index (χ3v) is 4.29. The van der Waals surface area contributed by atoms with Crippen LogP contribution in [0.25, 0.3) is 11.0 Å². The van der Waals surface area contributed by atoms with Crippen molar-refractivity contribution in [3.8, 4) is 0 Å². The minimum atomic E-state index is 0.688. The molecule has 2 N–H and O–H groups in total. The molecular formula is C13H12ClN3S. The van der Waals surface area contributed by atoms with Gasteiger partial charge in [-0.25, -0.2) is 4.98 Å². The van der Waals surface area contributed by atoms with E-state index in [1.54, 1.807) is 11.3 Å². The standard InChI is InChI=1S/C13H12ClN3S/c1-8-7-18-12(14)9(8)6-15-13-16-10-4-2-3-5-11(10)17-13/h2-5,7H,6H2,1H3,(H2,15,16,17). The first kappa shape index (κ1) is 11.6. The second-order valence-corrected chi connectivity index (χ2v) is 5.61. The lowest BCUT2D eigenvalue weighted by Gasteiger charge is -2.02. The number of aryl methyl sites for hydroxylation is 1. The first-order chi connectivity index (χ1) is 8.74. The first-order valence-electron chi connectivity index (χ1n) is 5.65. The molecule has 0 saturated carbocycles. The van der Waals surface area contributed by atoms with Gasteiger partial charge in [-0.2, -0.15) is 0 Å². The predicted molar refractivity (Wildman–Crippen MR) is 77.5 cm³/mol. The summed E-state index contributed by atoms with van der Waals surface area (Å²) < 4.78 is 0.844. The largest absolute Gasteiger partial charge is 0.352 e. The molecule has 1 aromatic carbocycles. The van der Waals surface area contributed by atoms with Crippen LogP contribution in [-0.2, 0) is 6.54 Å². The molecule has 3 rings (SSSR count). The van der Waals surface area contributed by atoms with Gasteiger partial charge in [0.25, 0.3) is 0 Å². The van der Waals surface area contributed by atoms with E-state index in [2.05, 4.69) is 27.6 Å². The van der Waals surface area contributed by atoms with Gasteiger partial charge in [-0.05, 0) is 30.0 Å². The molecule has 92 valence electrons. The highest BCUT2D eigenvalue weighted by Gasteiger charge is 2.07. The van der Waals surface area contributed by atoms with Crippen LogP contribution in [0.3, 0.4) is 0 Å². The summed E-state index contributed by atoms with van der Waals surface area (Å²) in [5, 5.41) is 5.34. The van der Waals surface area contributed by atoms with E-state index in [9.17, 15) is 0 Å². The summed E-state index contributed by atoms with van der Waals surface area (Å²) in [5.74, 6) is 0.776. The Balaban J connectivity index is 1.81. The molecule has 18 heavy (non-hydrogen) atoms. The number of hydrogen-bond acceptors (Lipinski definition) is 3. The monoisotopic (exact) mass is 277 g/mol. The summed E-state index contributed by atoms with van der Waals surface area (Å²) in [6.07, 6.45) is 0. The number of fused-ring (bicyclic) bond motifs is 1. The summed E-state index contributed by atoms with van der Waals surface area (Å²) >= 11 is 7.70. The Morgan fingerprint density at radius 2 is 2.22 bits per heavy atom. The fourth-order valence-corrected chi connectivity index (χ4v) is 3.00. The average Bonchev–Trinajstić information content (AvgIpc) is 2.91. The van der Waals surface area contributed by atoms with Crippen LogP contribution in [-0.4, -0.2) is 9.97 Å². The van der Waals surface area contributed by atoms with Gasteiger partial charge in [-0.3, -0.25) is 0 Å². The Labute approximate surface area is 114 Å². The number of imidazole rings is 1. The maximum atomic E-state index is 6.14. The molecule has 3 aromatic rings. The Bertz CT molecular complexity index is 634. The van der Waals surface area contributed by atoms with E-state index in [0.29, 0.717) is 6.54 Å². The number of halogens is 1. The molecule has 0 spiro atoms. The quantitative estimate of drug-likeness (QED) is 0.753. The van der Waals surface area contributed by atoms with E-state index in [0.717, 1.165) is 26.9 Å². The van der Waals surface area contributed by atoms with Crippen molar-refractivity contribution in [3.63, 3.8) is 0 Å². The molecule has 0 aliphatic heterocycles. The molecule has 0 aliphatic rings. The summed E-state index contributed by atoms with van der Waals surface area (Å²) in [5.41, 5.74) is 4.36. The number of aromatic nitrogens is 2. The lowest BCUT2D eigenvalue weighted by molar-refractivity contribution is 1.09. The number of thiophene rings is 1. The Morgan fingerprint density at radius 1 is 1.39 bits per heavy atom. The number of benzene rings is 1. The molecule has 5 heteroatoms. The molecule has 0 saturated heterocycles. The zero-order chi connectivity index (χ0) is 12.5. The fourth-order valence-electron chi connectivity index (χ4n) is 1.85. The first-order valence-corrected chi connectivity index (χ1v) is 6.91. The lowest BCUT2D eigenvalue weighted by atomic mass is 10.2. The summed E-state index contributed by atoms with van der Waals surface area (Å²) in [6.45, 7) is 2.76. The van der Waals surface area contributed by atoms with E-state index >= 15 is 0 Å². The lowest BCUT2D eigenvalue weighted by Crippen LogP contribution is -2.01. The van der Waals surface area contributed by atoms with E-state index in [1.807, 2.05) is 24.3 Å². The average molecular weight is 278 g/mol. The van der Waals surface area contributed by atoms with Crippen molar-refractivity contribution in [1.82, 2.24) is 9.97 Å². The highest BCUT2D eigenvalue weighted by molar-refractivity contribution is 7.14. The number of aromatic amines is 1. The maximum Gasteiger partial charge on any atom is 0.201 e. The van der Waals surface area contributed by atoms with Crippen LogP contribution in [0.5, 0.6) is 0 Å². The van der Waals surface area contributed by atoms with Gasteiger partial charge >= 0.3 is 0 Å². The number of rotatable bonds is 3. The molecule has 0 fully saturated rings. The highest BCUT2D eigenvalue weighted by Crippen LogP contribution is 2.27. The Kier molecular flexibility index (Phi) is 2.97. The molecule has 0 bridgehead atoms. The van der Waals surface area contributed by atoms with Crippen LogP contribution >= 0.6 is 22.9 Å². The van der Waals surface area contributed by atoms with Gasteiger partial charge < -0.3 is 10.3 Å². The Morgan fingerprint density at radius 3 is 2.94 bits per heavy atom. The second kappa shape index (κ2) is 4.63. The Hall–Kier alpha value is -1.52. The molecule has 0 radical (unpaired) electrons. The molecule has 3 nitrogen and oxygen atoms in total. The summed E-state index contributed by atoms with van der Waals surface area (Å²) in [6, 6.07) is 7.97. The molecule has 2 heterocycles. The number of nitrogens with zero attached hydrogens (tertiary/aromatic N) is 1. The third-order valence-electron chi connectivity index (χ3n) is 2.87. The minimum absolute atomic E-state index is 0.688. The summed E-state index contributed by atoms with van der Waals surface area (Å²) in [7, 11) is 0. The van der Waals surface area contributed by atoms with Crippen LogP contribution in [0.2, 0.25) is 4.34 Å². The van der Waals surface area contributed by atoms with Gasteiger partial charge in [0, 0.05) is 12.1 Å². The number of H-pyrrole nitrogens is 1. The predicted octanol–water partition coefficient (Wildman–Crippen LogP) is 4.20. The maximum absolute atomic E-state index is 6.14. The van der Waals surface area contributed by atoms with Crippen molar-refractivity contribution < 1.29 is 0 Å². The van der Waals surface area contributed by atoms with Gasteiger partial charge in [-0.15, -0.1) is 11.3 Å². The van der Waals surface area contributed by atoms with E-state index < -0.39 is 0 Å². The fraction of sp³-hybridized carbons (Fsp3) is 0.154. The zero-order valence-corrected chi connectivity index (χ0v) is 11.4. The SMILES string of the molecule is Cc1csc(Cl)c1CNc1nc2ccccc2[nH]1. The van der Waals surface area contributed by atoms with Crippen molar-refractivity contribution in [2.75, 3.05) is 5.32 Å². The number of nitrogens with one attached hydrogen (secondary N) is 2. The van der Waals surface area contributed by atoms with Crippen molar-refractivity contribution in [1.29, 1.82) is 0 Å². The minimum Gasteiger partial charge on any atom is -0.352 e. The van der Waals surface area contributed by atoms with Crippen LogP contribution in [0, 0.1) is 6.92 Å². The zero-order valence-electron chi connectivity index (χ0n) is 9.83. The van der Waals surface area contributed by atoms with Crippen molar-refractivity contribution in [3.05, 3.63) is 45.1 Å². The molecule has 0 amide bonds. The van der Waals surface area contributed by atoms with Crippen molar-refractivity contribution in [2.24, 2.45) is 0 Å². The highest BCUT2D eigenvalue weighted by atomic mass is 35.5. The van der Waals surface area contributed by atoms with Crippen molar-refractivity contribution >= 4 is 39.9 Å². The normalized spacial score (nSPS) is 11.0. The molecule has 0 aliphatic carbocycles. The third kappa shape index (κ3) is 2.09. The summed E-state index contributed by atoms with van der Waals surface area (Å²) in [4.78, 5) is 7.70. The van der Waals surface area contributed by atoms with Crippen LogP contribution < -0.4 is 5.32 Å². The van der Waals surface area contributed by atoms with Gasteiger partial charge in [0.2, 0.25) is 5.95 Å².